The Morgan fingerprint density at radius 1 is 0.742 bits per heavy atom. The van der Waals surface area contributed by atoms with Gasteiger partial charge in [-0.3, -0.25) is 9.59 Å². The molecule has 0 aromatic heterocycles. The maximum Gasteiger partial charge on any atom is 0.254 e. The first-order chi connectivity index (χ1) is 14.7. The number of benzene rings is 2. The lowest BCUT2D eigenvalue weighted by molar-refractivity contribution is 0.0702. The van der Waals surface area contributed by atoms with Gasteiger partial charge >= 0.3 is 0 Å². The summed E-state index contributed by atoms with van der Waals surface area (Å²) in [6, 6.07) is 15.9. The van der Waals surface area contributed by atoms with Crippen LogP contribution < -0.4 is 0 Å². The molecule has 3 aliphatic rings. The Balaban J connectivity index is 0.00000231. The molecule has 0 N–H and O–H groups in total. The largest absolute Gasteiger partial charge is 0.334 e. The highest BCUT2D eigenvalue weighted by Crippen LogP contribution is 2.27. The van der Waals surface area contributed by atoms with Crippen LogP contribution in [0.25, 0.3) is 0 Å². The van der Waals surface area contributed by atoms with E-state index in [0.29, 0.717) is 5.92 Å². The molecule has 164 valence electrons. The van der Waals surface area contributed by atoms with Crippen LogP contribution in [0.5, 0.6) is 0 Å². The van der Waals surface area contributed by atoms with Crippen LogP contribution in [0.1, 0.15) is 51.1 Å². The summed E-state index contributed by atoms with van der Waals surface area (Å²) in [5.41, 5.74) is 4.07. The van der Waals surface area contributed by atoms with Crippen molar-refractivity contribution in [2.24, 2.45) is 5.92 Å². The SMILES string of the molecule is Cl.O=C1c2ccccc2CN1CCCN1CCC(CN2Cc3ccccc3C2=O)CC1. The monoisotopic (exact) mass is 439 g/mol. The summed E-state index contributed by atoms with van der Waals surface area (Å²) in [5.74, 6) is 0.971. The van der Waals surface area contributed by atoms with Gasteiger partial charge in [0, 0.05) is 37.3 Å². The van der Waals surface area contributed by atoms with Crippen LogP contribution in [0.4, 0.5) is 0 Å². The van der Waals surface area contributed by atoms with Gasteiger partial charge in [-0.1, -0.05) is 36.4 Å². The minimum absolute atomic E-state index is 0. The Hall–Kier alpha value is -2.37. The van der Waals surface area contributed by atoms with Crippen molar-refractivity contribution in [2.45, 2.75) is 32.4 Å². The van der Waals surface area contributed by atoms with Gasteiger partial charge in [0.15, 0.2) is 0 Å². The van der Waals surface area contributed by atoms with Gasteiger partial charge in [0.2, 0.25) is 0 Å². The third-order valence-electron chi connectivity index (χ3n) is 6.88. The molecule has 1 saturated heterocycles. The average molecular weight is 440 g/mol. The van der Waals surface area contributed by atoms with Crippen LogP contribution in [0.15, 0.2) is 48.5 Å². The average Bonchev–Trinajstić information content (AvgIpc) is 3.26. The fourth-order valence-corrected chi connectivity index (χ4v) is 5.15. The second-order valence-electron chi connectivity index (χ2n) is 8.87. The normalized spacial score (nSPS) is 18.8. The van der Waals surface area contributed by atoms with E-state index in [2.05, 4.69) is 17.0 Å². The van der Waals surface area contributed by atoms with E-state index in [4.69, 9.17) is 0 Å². The zero-order valence-corrected chi connectivity index (χ0v) is 18.7. The lowest BCUT2D eigenvalue weighted by Gasteiger charge is -2.34. The van der Waals surface area contributed by atoms with Gasteiger partial charge in [0.05, 0.1) is 0 Å². The van der Waals surface area contributed by atoms with E-state index in [-0.39, 0.29) is 24.2 Å². The molecule has 0 aliphatic carbocycles. The van der Waals surface area contributed by atoms with Crippen molar-refractivity contribution in [3.63, 3.8) is 0 Å². The van der Waals surface area contributed by atoms with E-state index < -0.39 is 0 Å². The van der Waals surface area contributed by atoms with Gasteiger partial charge in [-0.05, 0) is 68.1 Å². The van der Waals surface area contributed by atoms with Crippen LogP contribution in [0.3, 0.4) is 0 Å². The molecule has 0 saturated carbocycles. The van der Waals surface area contributed by atoms with Crippen molar-refractivity contribution in [1.29, 1.82) is 0 Å². The van der Waals surface area contributed by atoms with Crippen molar-refractivity contribution in [1.82, 2.24) is 14.7 Å². The number of likely N-dealkylation sites (tertiary alicyclic amines) is 1. The lowest BCUT2D eigenvalue weighted by atomic mass is 9.96. The number of halogens is 1. The van der Waals surface area contributed by atoms with Gasteiger partial charge in [-0.15, -0.1) is 12.4 Å². The Labute approximate surface area is 190 Å². The van der Waals surface area contributed by atoms with E-state index in [1.165, 1.54) is 5.56 Å². The van der Waals surface area contributed by atoms with Gasteiger partial charge in [-0.2, -0.15) is 0 Å². The van der Waals surface area contributed by atoms with Crippen LogP contribution in [0, 0.1) is 5.92 Å². The van der Waals surface area contributed by atoms with Crippen LogP contribution in [-0.4, -0.2) is 59.2 Å². The topological polar surface area (TPSA) is 43.9 Å². The second kappa shape index (κ2) is 9.41. The van der Waals surface area contributed by atoms with E-state index >= 15 is 0 Å². The second-order valence-corrected chi connectivity index (χ2v) is 8.87. The number of carbonyl (C=O) groups excluding carboxylic acids is 2. The standard InChI is InChI=1S/C25H29N3O2.ClH/c29-24-22-8-3-1-6-20(22)17-27(24)13-5-12-26-14-10-19(11-15-26)16-28-18-21-7-2-4-9-23(21)25(28)30;/h1-4,6-9,19H,5,10-18H2;1H. The number of nitrogens with zero attached hydrogens (tertiary/aromatic N) is 3. The molecule has 3 aliphatic heterocycles. The summed E-state index contributed by atoms with van der Waals surface area (Å²) >= 11 is 0. The summed E-state index contributed by atoms with van der Waals surface area (Å²) in [4.78, 5) is 31.6. The Morgan fingerprint density at radius 2 is 1.29 bits per heavy atom. The highest BCUT2D eigenvalue weighted by Gasteiger charge is 2.30. The van der Waals surface area contributed by atoms with Gasteiger partial charge in [-0.25, -0.2) is 0 Å². The maximum absolute atomic E-state index is 12.6. The first-order valence-electron chi connectivity index (χ1n) is 11.2. The number of rotatable bonds is 6. The van der Waals surface area contributed by atoms with E-state index in [1.807, 2.05) is 46.2 Å². The van der Waals surface area contributed by atoms with Crippen molar-refractivity contribution in [2.75, 3.05) is 32.7 Å². The van der Waals surface area contributed by atoms with Crippen molar-refractivity contribution in [3.05, 3.63) is 70.8 Å². The smallest absolute Gasteiger partial charge is 0.254 e. The number of fused-ring (bicyclic) bond motifs is 2. The fourth-order valence-electron chi connectivity index (χ4n) is 5.15. The number of amides is 2. The Kier molecular flexibility index (Phi) is 6.63. The minimum Gasteiger partial charge on any atom is -0.334 e. The zero-order chi connectivity index (χ0) is 20.5. The fraction of sp³-hybridized carbons (Fsp3) is 0.440. The Morgan fingerprint density at radius 3 is 1.90 bits per heavy atom. The molecule has 2 amide bonds. The highest BCUT2D eigenvalue weighted by molar-refractivity contribution is 5.98. The first-order valence-corrected chi connectivity index (χ1v) is 11.2. The molecule has 0 radical (unpaired) electrons. The van der Waals surface area contributed by atoms with Gasteiger partial charge in [0.25, 0.3) is 11.8 Å². The Bertz CT molecular complexity index is 955. The minimum atomic E-state index is 0. The zero-order valence-electron chi connectivity index (χ0n) is 17.8. The van der Waals surface area contributed by atoms with Crippen LogP contribution in [-0.2, 0) is 13.1 Å². The lowest BCUT2D eigenvalue weighted by Crippen LogP contribution is -2.40. The molecule has 1 fully saturated rings. The predicted molar refractivity (Wildman–Crippen MR) is 123 cm³/mol. The summed E-state index contributed by atoms with van der Waals surface area (Å²) < 4.78 is 0. The van der Waals surface area contributed by atoms with Crippen LogP contribution >= 0.6 is 12.4 Å². The number of hydrogen-bond acceptors (Lipinski definition) is 3. The highest BCUT2D eigenvalue weighted by atomic mass is 35.5. The molecule has 2 aromatic carbocycles. The molecule has 5 rings (SSSR count). The van der Waals surface area contributed by atoms with Crippen molar-refractivity contribution in [3.8, 4) is 0 Å². The molecule has 6 heteroatoms. The van der Waals surface area contributed by atoms with Crippen molar-refractivity contribution < 1.29 is 9.59 Å². The van der Waals surface area contributed by atoms with E-state index in [1.54, 1.807) is 0 Å². The maximum atomic E-state index is 12.6. The summed E-state index contributed by atoms with van der Waals surface area (Å²) in [6.45, 7) is 6.45. The van der Waals surface area contributed by atoms with Crippen molar-refractivity contribution >= 4 is 24.2 Å². The molecule has 0 bridgehead atoms. The molecular formula is C25H30ClN3O2. The van der Waals surface area contributed by atoms with Gasteiger partial charge < -0.3 is 14.7 Å². The molecule has 5 nitrogen and oxygen atoms in total. The third kappa shape index (κ3) is 4.48. The predicted octanol–water partition coefficient (Wildman–Crippen LogP) is 3.82. The van der Waals surface area contributed by atoms with Crippen LogP contribution in [0.2, 0.25) is 0 Å². The van der Waals surface area contributed by atoms with E-state index in [9.17, 15) is 9.59 Å². The molecule has 0 unspecified atom stereocenters. The number of carbonyl (C=O) groups is 2. The molecule has 31 heavy (non-hydrogen) atoms. The molecule has 3 heterocycles. The van der Waals surface area contributed by atoms with Gasteiger partial charge in [0.1, 0.15) is 0 Å². The quantitative estimate of drug-likeness (QED) is 0.687. The third-order valence-corrected chi connectivity index (χ3v) is 6.88. The summed E-state index contributed by atoms with van der Waals surface area (Å²) in [5, 5.41) is 0. The molecule has 0 atom stereocenters. The number of hydrogen-bond donors (Lipinski definition) is 0. The molecular weight excluding hydrogens is 410 g/mol. The summed E-state index contributed by atoms with van der Waals surface area (Å²) in [6.07, 6.45) is 3.31. The number of piperidine rings is 1. The first kappa shape index (κ1) is 21.8. The summed E-state index contributed by atoms with van der Waals surface area (Å²) in [7, 11) is 0. The van der Waals surface area contributed by atoms with E-state index in [0.717, 1.165) is 81.8 Å². The molecule has 2 aromatic rings. The molecule has 0 spiro atoms.